The van der Waals surface area contributed by atoms with E-state index in [4.69, 9.17) is 14.9 Å². The second-order valence-electron chi connectivity index (χ2n) is 3.58. The van der Waals surface area contributed by atoms with E-state index < -0.39 is 18.7 Å². The van der Waals surface area contributed by atoms with E-state index in [1.54, 1.807) is 6.92 Å². The fourth-order valence-corrected chi connectivity index (χ4v) is 1.06. The number of aliphatic hydroxyl groups is 2. The Bertz CT molecular complexity index is 156. The molecule has 0 bridgehead atoms. The summed E-state index contributed by atoms with van der Waals surface area (Å²) < 4.78 is 4.86. The fourth-order valence-electron chi connectivity index (χ4n) is 1.06. The number of hydrogen-bond acceptors (Lipinski definition) is 4. The van der Waals surface area contributed by atoms with Crippen LogP contribution < -0.4 is 0 Å². The van der Waals surface area contributed by atoms with Gasteiger partial charge in [-0.25, -0.2) is 4.79 Å². The zero-order valence-corrected chi connectivity index (χ0v) is 8.36. The van der Waals surface area contributed by atoms with Crippen LogP contribution >= 0.6 is 0 Å². The molecule has 78 valence electrons. The average Bonchev–Trinajstić information content (AvgIpc) is 2.01. The third-order valence-corrected chi connectivity index (χ3v) is 1.57. The van der Waals surface area contributed by atoms with Gasteiger partial charge in [-0.1, -0.05) is 13.8 Å². The van der Waals surface area contributed by atoms with Gasteiger partial charge in [-0.3, -0.25) is 0 Å². The summed E-state index contributed by atoms with van der Waals surface area (Å²) in [7, 11) is 0. The van der Waals surface area contributed by atoms with Crippen molar-refractivity contribution in [3.8, 4) is 0 Å². The first-order valence-corrected chi connectivity index (χ1v) is 4.46. The quantitative estimate of drug-likeness (QED) is 0.613. The summed E-state index contributed by atoms with van der Waals surface area (Å²) in [6.45, 7) is 5.22. The van der Waals surface area contributed by atoms with Gasteiger partial charge in [-0.2, -0.15) is 0 Å². The van der Waals surface area contributed by atoms with Crippen LogP contribution in [0, 0.1) is 5.92 Å². The summed E-state index contributed by atoms with van der Waals surface area (Å²) >= 11 is 0. The Labute approximate surface area is 78.5 Å². The minimum absolute atomic E-state index is 0.214. The van der Waals surface area contributed by atoms with Crippen molar-refractivity contribution < 1.29 is 19.7 Å². The molecule has 0 fully saturated rings. The summed E-state index contributed by atoms with van der Waals surface area (Å²) in [5, 5.41) is 17.3. The average molecular weight is 190 g/mol. The molecule has 2 atom stereocenters. The molecule has 0 radical (unpaired) electrons. The molecule has 0 aliphatic rings. The first-order valence-electron chi connectivity index (χ1n) is 4.46. The molecule has 0 rings (SSSR count). The number of carbonyl (C=O) groups is 1. The zero-order valence-electron chi connectivity index (χ0n) is 8.36. The van der Waals surface area contributed by atoms with Crippen LogP contribution in [0.1, 0.15) is 27.2 Å². The minimum Gasteiger partial charge on any atom is -0.461 e. The molecule has 0 saturated heterocycles. The van der Waals surface area contributed by atoms with Gasteiger partial charge < -0.3 is 14.9 Å². The van der Waals surface area contributed by atoms with Crippen LogP contribution in [0.4, 0.5) is 0 Å². The fraction of sp³-hybridized carbons (Fsp3) is 0.889. The molecule has 2 unspecified atom stereocenters. The van der Waals surface area contributed by atoms with Crippen molar-refractivity contribution >= 4 is 5.97 Å². The van der Waals surface area contributed by atoms with Gasteiger partial charge in [0.05, 0.1) is 12.7 Å². The lowest BCUT2D eigenvalue weighted by atomic mass is 10.1. The van der Waals surface area contributed by atoms with E-state index in [-0.39, 0.29) is 6.10 Å². The van der Waals surface area contributed by atoms with Crippen molar-refractivity contribution in [2.75, 3.05) is 6.61 Å². The van der Waals surface area contributed by atoms with Crippen molar-refractivity contribution in [1.82, 2.24) is 0 Å². The predicted molar refractivity (Wildman–Crippen MR) is 48.1 cm³/mol. The van der Waals surface area contributed by atoms with Crippen LogP contribution in [0.25, 0.3) is 0 Å². The predicted octanol–water partition coefficient (Wildman–Crippen LogP) is 0.317. The van der Waals surface area contributed by atoms with E-state index in [2.05, 4.69) is 0 Å². The molecule has 0 aliphatic carbocycles. The highest BCUT2D eigenvalue weighted by atomic mass is 16.6. The Morgan fingerprint density at radius 1 is 1.38 bits per heavy atom. The van der Waals surface area contributed by atoms with Crippen LogP contribution in [-0.2, 0) is 9.53 Å². The highest BCUT2D eigenvalue weighted by molar-refractivity contribution is 5.74. The van der Waals surface area contributed by atoms with Crippen molar-refractivity contribution in [2.45, 2.75) is 39.4 Å². The number of carbonyl (C=O) groups excluding carboxylic acids is 1. The Kier molecular flexibility index (Phi) is 5.66. The Balaban J connectivity index is 3.77. The van der Waals surface area contributed by atoms with Gasteiger partial charge in [-0.05, 0) is 19.3 Å². The van der Waals surface area contributed by atoms with Gasteiger partial charge in [0.15, 0.2) is 6.10 Å². The minimum atomic E-state index is -1.41. The molecule has 2 N–H and O–H groups in total. The standard InChI is InChI=1S/C9H18O4/c1-6(2)4-7(3)13-9(12)8(11)5-10/h6-8,10-11H,4-5H2,1-3H3. The van der Waals surface area contributed by atoms with Crippen molar-refractivity contribution in [3.63, 3.8) is 0 Å². The lowest BCUT2D eigenvalue weighted by Gasteiger charge is -2.16. The summed E-state index contributed by atoms with van der Waals surface area (Å²) in [5.41, 5.74) is 0. The number of rotatable bonds is 5. The van der Waals surface area contributed by atoms with E-state index in [1.165, 1.54) is 0 Å². The van der Waals surface area contributed by atoms with Crippen LogP contribution in [0.15, 0.2) is 0 Å². The Morgan fingerprint density at radius 2 is 1.92 bits per heavy atom. The number of hydrogen-bond donors (Lipinski definition) is 2. The largest absolute Gasteiger partial charge is 0.461 e. The van der Waals surface area contributed by atoms with Gasteiger partial charge in [0, 0.05) is 0 Å². The van der Waals surface area contributed by atoms with Crippen molar-refractivity contribution in [2.24, 2.45) is 5.92 Å². The number of ether oxygens (including phenoxy) is 1. The third kappa shape index (κ3) is 5.60. The number of esters is 1. The van der Waals surface area contributed by atoms with Gasteiger partial charge in [0.2, 0.25) is 0 Å². The molecule has 13 heavy (non-hydrogen) atoms. The van der Waals surface area contributed by atoms with Crippen LogP contribution in [0.3, 0.4) is 0 Å². The highest BCUT2D eigenvalue weighted by Gasteiger charge is 2.18. The summed E-state index contributed by atoms with van der Waals surface area (Å²) in [6.07, 6.45) is -0.868. The molecular weight excluding hydrogens is 172 g/mol. The summed E-state index contributed by atoms with van der Waals surface area (Å²) in [5.74, 6) is -0.315. The molecule has 0 amide bonds. The van der Waals surface area contributed by atoms with Gasteiger partial charge in [-0.15, -0.1) is 0 Å². The van der Waals surface area contributed by atoms with Crippen molar-refractivity contribution in [1.29, 1.82) is 0 Å². The normalized spacial score (nSPS) is 15.5. The molecule has 0 saturated carbocycles. The maximum absolute atomic E-state index is 10.9. The molecule has 0 aliphatic heterocycles. The first-order chi connectivity index (χ1) is 5.97. The summed E-state index contributed by atoms with van der Waals surface area (Å²) in [4.78, 5) is 10.9. The third-order valence-electron chi connectivity index (χ3n) is 1.57. The Hall–Kier alpha value is -0.610. The topological polar surface area (TPSA) is 66.8 Å². The SMILES string of the molecule is CC(C)CC(C)OC(=O)C(O)CO. The van der Waals surface area contributed by atoms with Crippen LogP contribution in [0.2, 0.25) is 0 Å². The van der Waals surface area contributed by atoms with Crippen LogP contribution in [-0.4, -0.2) is 35.0 Å². The van der Waals surface area contributed by atoms with E-state index >= 15 is 0 Å². The smallest absolute Gasteiger partial charge is 0.337 e. The molecule has 0 aromatic carbocycles. The molecule has 4 heteroatoms. The van der Waals surface area contributed by atoms with Gasteiger partial charge >= 0.3 is 5.97 Å². The van der Waals surface area contributed by atoms with Gasteiger partial charge in [0.25, 0.3) is 0 Å². The molecule has 0 aromatic heterocycles. The van der Waals surface area contributed by atoms with Crippen LogP contribution in [0.5, 0.6) is 0 Å². The van der Waals surface area contributed by atoms with E-state index in [1.807, 2.05) is 13.8 Å². The van der Waals surface area contributed by atoms with Crippen molar-refractivity contribution in [3.05, 3.63) is 0 Å². The molecular formula is C9H18O4. The summed E-state index contributed by atoms with van der Waals surface area (Å²) in [6, 6.07) is 0. The van der Waals surface area contributed by atoms with E-state index in [9.17, 15) is 4.79 Å². The van der Waals surface area contributed by atoms with E-state index in [0.29, 0.717) is 5.92 Å². The molecule has 4 nitrogen and oxygen atoms in total. The maximum Gasteiger partial charge on any atom is 0.337 e. The molecule has 0 spiro atoms. The molecule has 0 aromatic rings. The second kappa shape index (κ2) is 5.94. The number of aliphatic hydroxyl groups excluding tert-OH is 2. The zero-order chi connectivity index (χ0) is 10.4. The lowest BCUT2D eigenvalue weighted by molar-refractivity contribution is -0.160. The lowest BCUT2D eigenvalue weighted by Crippen LogP contribution is -2.30. The molecule has 0 heterocycles. The second-order valence-corrected chi connectivity index (χ2v) is 3.58. The first kappa shape index (κ1) is 12.4. The Morgan fingerprint density at radius 3 is 2.31 bits per heavy atom. The maximum atomic E-state index is 10.9. The van der Waals surface area contributed by atoms with Gasteiger partial charge in [0.1, 0.15) is 0 Å². The monoisotopic (exact) mass is 190 g/mol. The highest BCUT2D eigenvalue weighted by Crippen LogP contribution is 2.08. The van der Waals surface area contributed by atoms with E-state index in [0.717, 1.165) is 6.42 Å².